The van der Waals surface area contributed by atoms with Crippen LogP contribution in [0.4, 0.5) is 4.39 Å². The van der Waals surface area contributed by atoms with Crippen LogP contribution in [0.15, 0.2) is 64.4 Å². The zero-order valence-electron chi connectivity index (χ0n) is 17.3. The van der Waals surface area contributed by atoms with Gasteiger partial charge < -0.3 is 20.5 Å². The number of benzene rings is 1. The van der Waals surface area contributed by atoms with Gasteiger partial charge in [0.15, 0.2) is 5.96 Å². The SMILES string of the molecule is CCNC(=NCc1ccnc(Oc2ccc(F)cc2)c1)NCC(C)(O)c1ccsc1.I. The van der Waals surface area contributed by atoms with Gasteiger partial charge in [0.05, 0.1) is 13.1 Å². The van der Waals surface area contributed by atoms with Gasteiger partial charge in [-0.2, -0.15) is 11.3 Å². The van der Waals surface area contributed by atoms with Gasteiger partial charge in [-0.05, 0) is 72.1 Å². The number of pyridine rings is 1. The second kappa shape index (κ2) is 12.0. The molecule has 2 heterocycles. The smallest absolute Gasteiger partial charge is 0.219 e. The molecule has 1 unspecified atom stereocenters. The maximum absolute atomic E-state index is 13.0. The van der Waals surface area contributed by atoms with E-state index in [0.717, 1.165) is 11.1 Å². The van der Waals surface area contributed by atoms with E-state index in [1.54, 1.807) is 42.7 Å². The van der Waals surface area contributed by atoms with E-state index in [-0.39, 0.29) is 29.8 Å². The van der Waals surface area contributed by atoms with Crippen molar-refractivity contribution >= 4 is 41.3 Å². The molecule has 3 rings (SSSR count). The molecule has 0 aliphatic carbocycles. The molecule has 0 radical (unpaired) electrons. The van der Waals surface area contributed by atoms with Gasteiger partial charge in [0.1, 0.15) is 17.2 Å². The first-order valence-corrected chi connectivity index (χ1v) is 10.6. The van der Waals surface area contributed by atoms with E-state index < -0.39 is 5.60 Å². The number of nitrogens with zero attached hydrogens (tertiary/aromatic N) is 2. The fourth-order valence-electron chi connectivity index (χ4n) is 2.67. The lowest BCUT2D eigenvalue weighted by Crippen LogP contribution is -2.44. The van der Waals surface area contributed by atoms with Crippen LogP contribution >= 0.6 is 35.3 Å². The lowest BCUT2D eigenvalue weighted by atomic mass is 9.99. The van der Waals surface area contributed by atoms with Crippen LogP contribution in [0, 0.1) is 5.82 Å². The highest BCUT2D eigenvalue weighted by molar-refractivity contribution is 14.0. The number of hydrogen-bond acceptors (Lipinski definition) is 5. The van der Waals surface area contributed by atoms with Crippen molar-refractivity contribution in [2.45, 2.75) is 26.0 Å². The predicted octanol–water partition coefficient (Wildman–Crippen LogP) is 4.66. The zero-order chi connectivity index (χ0) is 21.4. The standard InChI is InChI=1S/C22H25FN4O2S.HI/c1-3-24-21(27-15-22(2,28)17-9-11-30-14-17)26-13-16-8-10-25-20(12-16)29-19-6-4-18(23)5-7-19;/h4-12,14,28H,3,13,15H2,1-2H3,(H2,24,26,27);1H. The number of aromatic nitrogens is 1. The number of nitrogens with one attached hydrogen (secondary N) is 2. The number of aliphatic imine (C=N–C) groups is 1. The number of guanidine groups is 1. The van der Waals surface area contributed by atoms with Crippen LogP contribution < -0.4 is 15.4 Å². The molecule has 3 aromatic rings. The third-order valence-corrected chi connectivity index (χ3v) is 5.03. The summed E-state index contributed by atoms with van der Waals surface area (Å²) in [6, 6.07) is 11.3. The highest BCUT2D eigenvalue weighted by atomic mass is 127. The molecule has 166 valence electrons. The van der Waals surface area contributed by atoms with Crippen LogP contribution in [0.1, 0.15) is 25.0 Å². The van der Waals surface area contributed by atoms with Gasteiger partial charge >= 0.3 is 0 Å². The minimum absolute atomic E-state index is 0. The largest absolute Gasteiger partial charge is 0.439 e. The van der Waals surface area contributed by atoms with Crippen molar-refractivity contribution in [1.82, 2.24) is 15.6 Å². The first-order chi connectivity index (χ1) is 14.5. The van der Waals surface area contributed by atoms with Gasteiger partial charge in [0.2, 0.25) is 5.88 Å². The molecule has 0 aliphatic rings. The van der Waals surface area contributed by atoms with Gasteiger partial charge in [-0.1, -0.05) is 0 Å². The van der Waals surface area contributed by atoms with Crippen molar-refractivity contribution in [2.24, 2.45) is 4.99 Å². The fourth-order valence-corrected chi connectivity index (χ4v) is 3.45. The summed E-state index contributed by atoms with van der Waals surface area (Å²) in [5.41, 5.74) is 0.778. The van der Waals surface area contributed by atoms with Crippen LogP contribution in [0.25, 0.3) is 0 Å². The molecule has 31 heavy (non-hydrogen) atoms. The highest BCUT2D eigenvalue weighted by Gasteiger charge is 2.23. The van der Waals surface area contributed by atoms with Crippen LogP contribution in [0.3, 0.4) is 0 Å². The molecule has 0 fully saturated rings. The van der Waals surface area contributed by atoms with Crippen LogP contribution in [0.5, 0.6) is 11.6 Å². The fraction of sp³-hybridized carbons (Fsp3) is 0.273. The van der Waals surface area contributed by atoms with Crippen molar-refractivity contribution in [2.75, 3.05) is 13.1 Å². The molecule has 2 aromatic heterocycles. The maximum atomic E-state index is 13.0. The van der Waals surface area contributed by atoms with Crippen LogP contribution in [-0.2, 0) is 12.1 Å². The van der Waals surface area contributed by atoms with Crippen molar-refractivity contribution in [1.29, 1.82) is 0 Å². The van der Waals surface area contributed by atoms with E-state index >= 15 is 0 Å². The molecular weight excluding hydrogens is 530 g/mol. The first-order valence-electron chi connectivity index (χ1n) is 9.62. The minimum Gasteiger partial charge on any atom is -0.439 e. The summed E-state index contributed by atoms with van der Waals surface area (Å²) in [5.74, 6) is 1.20. The van der Waals surface area contributed by atoms with E-state index in [1.165, 1.54) is 12.1 Å². The Morgan fingerprint density at radius 2 is 2.00 bits per heavy atom. The molecule has 6 nitrogen and oxygen atoms in total. The summed E-state index contributed by atoms with van der Waals surface area (Å²) in [5, 5.41) is 20.9. The Kier molecular flexibility index (Phi) is 9.66. The third-order valence-electron chi connectivity index (χ3n) is 4.34. The molecular formula is C22H26FIN4O2S. The molecule has 3 N–H and O–H groups in total. The molecule has 0 amide bonds. The average Bonchev–Trinajstić information content (AvgIpc) is 3.28. The van der Waals surface area contributed by atoms with Crippen molar-refractivity contribution in [3.63, 3.8) is 0 Å². The van der Waals surface area contributed by atoms with Crippen LogP contribution in [0.2, 0.25) is 0 Å². The zero-order valence-corrected chi connectivity index (χ0v) is 20.5. The van der Waals surface area contributed by atoms with Crippen molar-refractivity contribution in [3.05, 3.63) is 76.4 Å². The molecule has 0 spiro atoms. The second-order valence-corrected chi connectivity index (χ2v) is 7.67. The Hall–Kier alpha value is -2.24. The van der Waals surface area contributed by atoms with E-state index in [9.17, 15) is 9.50 Å². The molecule has 1 atom stereocenters. The van der Waals surface area contributed by atoms with Gasteiger partial charge in [-0.25, -0.2) is 14.4 Å². The molecule has 1 aromatic carbocycles. The molecule has 0 saturated carbocycles. The van der Waals surface area contributed by atoms with Gasteiger partial charge in [-0.15, -0.1) is 24.0 Å². The summed E-state index contributed by atoms with van der Waals surface area (Å²) in [7, 11) is 0. The van der Waals surface area contributed by atoms with Crippen molar-refractivity contribution < 1.29 is 14.2 Å². The lowest BCUT2D eigenvalue weighted by molar-refractivity contribution is 0.0621. The second-order valence-electron chi connectivity index (χ2n) is 6.89. The Morgan fingerprint density at radius 1 is 1.23 bits per heavy atom. The highest BCUT2D eigenvalue weighted by Crippen LogP contribution is 2.22. The van der Waals surface area contributed by atoms with Gasteiger partial charge in [0, 0.05) is 18.8 Å². The molecule has 9 heteroatoms. The summed E-state index contributed by atoms with van der Waals surface area (Å²) < 4.78 is 18.7. The number of thiophene rings is 1. The summed E-state index contributed by atoms with van der Waals surface area (Å²) in [6.07, 6.45) is 1.64. The quantitative estimate of drug-likeness (QED) is 0.214. The summed E-state index contributed by atoms with van der Waals surface area (Å²) >= 11 is 1.55. The Morgan fingerprint density at radius 3 is 2.68 bits per heavy atom. The Labute approximate surface area is 202 Å². The van der Waals surface area contributed by atoms with Gasteiger partial charge in [0.25, 0.3) is 0 Å². The Balaban J connectivity index is 0.00000341. The van der Waals surface area contributed by atoms with E-state index in [4.69, 9.17) is 4.74 Å². The predicted molar refractivity (Wildman–Crippen MR) is 133 cm³/mol. The number of aliphatic hydroxyl groups is 1. The molecule has 0 bridgehead atoms. The molecule has 0 saturated heterocycles. The van der Waals surface area contributed by atoms with Gasteiger partial charge in [-0.3, -0.25) is 0 Å². The number of hydrogen-bond donors (Lipinski definition) is 3. The number of rotatable bonds is 8. The lowest BCUT2D eigenvalue weighted by Gasteiger charge is -2.24. The first kappa shape index (κ1) is 25.0. The molecule has 0 aliphatic heterocycles. The van der Waals surface area contributed by atoms with E-state index in [2.05, 4.69) is 20.6 Å². The monoisotopic (exact) mass is 556 g/mol. The number of halogens is 2. The normalized spacial score (nSPS) is 13.1. The Bertz CT molecular complexity index is 966. The van der Waals surface area contributed by atoms with Crippen molar-refractivity contribution in [3.8, 4) is 11.6 Å². The topological polar surface area (TPSA) is 78.8 Å². The van der Waals surface area contributed by atoms with Crippen LogP contribution in [-0.4, -0.2) is 29.1 Å². The summed E-state index contributed by atoms with van der Waals surface area (Å²) in [6.45, 7) is 5.17. The minimum atomic E-state index is -0.997. The van der Waals surface area contributed by atoms with E-state index in [1.807, 2.05) is 29.8 Å². The van der Waals surface area contributed by atoms with E-state index in [0.29, 0.717) is 37.2 Å². The maximum Gasteiger partial charge on any atom is 0.219 e. The number of ether oxygens (including phenoxy) is 1. The summed E-state index contributed by atoms with van der Waals surface area (Å²) in [4.78, 5) is 8.77. The third kappa shape index (κ3) is 7.75. The average molecular weight is 556 g/mol.